The fraction of sp³-hybridized carbons (Fsp3) is 0.333. The van der Waals surface area contributed by atoms with Crippen molar-refractivity contribution < 1.29 is 13.7 Å². The predicted octanol–water partition coefficient (Wildman–Crippen LogP) is 1.95. The molecule has 0 amide bonds. The summed E-state index contributed by atoms with van der Waals surface area (Å²) in [5.41, 5.74) is -0.664. The van der Waals surface area contributed by atoms with Gasteiger partial charge in [-0.25, -0.2) is 13.5 Å². The number of nitro benzene ring substituents is 1. The highest BCUT2D eigenvalue weighted by Gasteiger charge is 2.24. The van der Waals surface area contributed by atoms with Gasteiger partial charge in [0.05, 0.1) is 16.8 Å². The van der Waals surface area contributed by atoms with Crippen molar-refractivity contribution in [1.82, 2.24) is 20.3 Å². The molecule has 0 aliphatic heterocycles. The molecular formula is C12H13F2N5O2. The summed E-state index contributed by atoms with van der Waals surface area (Å²) in [7, 11) is 0. The van der Waals surface area contributed by atoms with E-state index in [1.165, 1.54) is 6.20 Å². The largest absolute Gasteiger partial charge is 0.311 e. The van der Waals surface area contributed by atoms with Crippen molar-refractivity contribution in [3.8, 4) is 5.69 Å². The van der Waals surface area contributed by atoms with Gasteiger partial charge in [-0.3, -0.25) is 10.1 Å². The second-order valence-electron chi connectivity index (χ2n) is 4.32. The topological polar surface area (TPSA) is 85.9 Å². The minimum Gasteiger partial charge on any atom is -0.311 e. The van der Waals surface area contributed by atoms with Gasteiger partial charge < -0.3 is 5.32 Å². The maximum atomic E-state index is 13.8. The standard InChI is InChI=1S/C12H13F2N5O2/c1-2-5-15-6-8-7-18(17-16-8)12-10(19(20)21)4-3-9(13)11(12)14/h3-4,7,15H,2,5-6H2,1H3. The van der Waals surface area contributed by atoms with Crippen LogP contribution in [0.15, 0.2) is 18.3 Å². The van der Waals surface area contributed by atoms with Crippen LogP contribution in [0, 0.1) is 21.7 Å². The second-order valence-corrected chi connectivity index (χ2v) is 4.32. The highest BCUT2D eigenvalue weighted by Crippen LogP contribution is 2.26. The minimum atomic E-state index is -1.33. The Kier molecular flexibility index (Phi) is 4.53. The highest BCUT2D eigenvalue weighted by molar-refractivity contribution is 5.53. The van der Waals surface area contributed by atoms with Crippen LogP contribution in [-0.2, 0) is 6.54 Å². The number of aromatic nitrogens is 3. The summed E-state index contributed by atoms with van der Waals surface area (Å²) in [6.07, 6.45) is 2.26. The molecule has 0 saturated heterocycles. The van der Waals surface area contributed by atoms with Gasteiger partial charge in [0.25, 0.3) is 5.69 Å². The molecule has 21 heavy (non-hydrogen) atoms. The SMILES string of the molecule is CCCNCc1cn(-c2c([N+](=O)[O-])ccc(F)c2F)nn1. The van der Waals surface area contributed by atoms with E-state index in [0.717, 1.165) is 23.7 Å². The number of rotatable bonds is 6. The van der Waals surface area contributed by atoms with Crippen LogP contribution in [0.1, 0.15) is 19.0 Å². The number of benzene rings is 1. The lowest BCUT2D eigenvalue weighted by molar-refractivity contribution is -0.384. The molecule has 0 atom stereocenters. The van der Waals surface area contributed by atoms with Gasteiger partial charge in [-0.2, -0.15) is 0 Å². The Morgan fingerprint density at radius 2 is 2.19 bits per heavy atom. The first-order valence-corrected chi connectivity index (χ1v) is 6.29. The van der Waals surface area contributed by atoms with Gasteiger partial charge in [-0.15, -0.1) is 5.10 Å². The molecule has 0 saturated carbocycles. The van der Waals surface area contributed by atoms with Crippen molar-refractivity contribution in [3.63, 3.8) is 0 Å². The summed E-state index contributed by atoms with van der Waals surface area (Å²) in [5, 5.41) is 21.4. The van der Waals surface area contributed by atoms with Crippen LogP contribution in [0.4, 0.5) is 14.5 Å². The van der Waals surface area contributed by atoms with Gasteiger partial charge in [0.1, 0.15) is 0 Å². The zero-order valence-electron chi connectivity index (χ0n) is 11.2. The molecule has 1 aromatic carbocycles. The highest BCUT2D eigenvalue weighted by atomic mass is 19.2. The van der Waals surface area contributed by atoms with E-state index in [2.05, 4.69) is 15.6 Å². The first kappa shape index (κ1) is 15.0. The molecule has 2 rings (SSSR count). The summed E-state index contributed by atoms with van der Waals surface area (Å²) in [6, 6.07) is 1.60. The summed E-state index contributed by atoms with van der Waals surface area (Å²) in [4.78, 5) is 10.1. The van der Waals surface area contributed by atoms with E-state index >= 15 is 0 Å². The molecule has 2 aromatic rings. The predicted molar refractivity (Wildman–Crippen MR) is 69.9 cm³/mol. The number of nitro groups is 1. The van der Waals surface area contributed by atoms with Crippen molar-refractivity contribution in [2.24, 2.45) is 0 Å². The van der Waals surface area contributed by atoms with Gasteiger partial charge in [0.2, 0.25) is 0 Å². The Hall–Kier alpha value is -2.42. The Morgan fingerprint density at radius 1 is 1.43 bits per heavy atom. The first-order valence-electron chi connectivity index (χ1n) is 6.29. The molecule has 0 spiro atoms. The van der Waals surface area contributed by atoms with E-state index < -0.39 is 27.9 Å². The molecule has 9 heteroatoms. The zero-order valence-corrected chi connectivity index (χ0v) is 11.2. The van der Waals surface area contributed by atoms with Gasteiger partial charge in [0, 0.05) is 12.6 Å². The molecule has 1 aromatic heterocycles. The van der Waals surface area contributed by atoms with Crippen molar-refractivity contribution >= 4 is 5.69 Å². The molecule has 1 heterocycles. The van der Waals surface area contributed by atoms with Crippen LogP contribution in [0.5, 0.6) is 0 Å². The molecular weight excluding hydrogens is 284 g/mol. The summed E-state index contributed by atoms with van der Waals surface area (Å²) in [6.45, 7) is 3.15. The molecule has 0 fully saturated rings. The third kappa shape index (κ3) is 3.19. The quantitative estimate of drug-likeness (QED) is 0.500. The molecule has 1 N–H and O–H groups in total. The van der Waals surface area contributed by atoms with Crippen LogP contribution >= 0.6 is 0 Å². The van der Waals surface area contributed by atoms with Crippen LogP contribution < -0.4 is 5.32 Å². The molecule has 0 aliphatic carbocycles. The molecule has 0 radical (unpaired) electrons. The van der Waals surface area contributed by atoms with E-state index in [1.54, 1.807) is 0 Å². The van der Waals surface area contributed by atoms with Crippen molar-refractivity contribution in [2.45, 2.75) is 19.9 Å². The monoisotopic (exact) mass is 297 g/mol. The number of hydrogen-bond acceptors (Lipinski definition) is 5. The van der Waals surface area contributed by atoms with Crippen LogP contribution in [0.25, 0.3) is 5.69 Å². The van der Waals surface area contributed by atoms with Crippen molar-refractivity contribution in [3.05, 3.63) is 45.8 Å². The number of nitrogens with one attached hydrogen (secondary N) is 1. The second kappa shape index (κ2) is 6.35. The zero-order chi connectivity index (χ0) is 15.4. The fourth-order valence-corrected chi connectivity index (χ4v) is 1.78. The lowest BCUT2D eigenvalue weighted by atomic mass is 10.2. The van der Waals surface area contributed by atoms with Crippen LogP contribution in [0.3, 0.4) is 0 Å². The van der Waals surface area contributed by atoms with Crippen molar-refractivity contribution in [1.29, 1.82) is 0 Å². The van der Waals surface area contributed by atoms with Crippen LogP contribution in [0.2, 0.25) is 0 Å². The summed E-state index contributed by atoms with van der Waals surface area (Å²) < 4.78 is 28.0. The molecule has 0 unspecified atom stereocenters. The summed E-state index contributed by atoms with van der Waals surface area (Å²) in [5.74, 6) is -2.51. The molecule has 0 bridgehead atoms. The lowest BCUT2D eigenvalue weighted by Crippen LogP contribution is -2.13. The normalized spacial score (nSPS) is 10.8. The average Bonchev–Trinajstić information content (AvgIpc) is 2.90. The molecule has 7 nitrogen and oxygen atoms in total. The minimum absolute atomic E-state index is 0.387. The summed E-state index contributed by atoms with van der Waals surface area (Å²) >= 11 is 0. The van der Waals surface area contributed by atoms with E-state index in [1.807, 2.05) is 6.92 Å². The number of halogens is 2. The first-order chi connectivity index (χ1) is 10.0. The smallest absolute Gasteiger partial charge is 0.298 e. The van der Waals surface area contributed by atoms with E-state index in [-0.39, 0.29) is 0 Å². The number of hydrogen-bond donors (Lipinski definition) is 1. The van der Waals surface area contributed by atoms with E-state index in [4.69, 9.17) is 0 Å². The Labute approximate surface area is 118 Å². The average molecular weight is 297 g/mol. The van der Waals surface area contributed by atoms with Gasteiger partial charge in [-0.1, -0.05) is 12.1 Å². The van der Waals surface area contributed by atoms with Gasteiger partial charge in [-0.05, 0) is 19.0 Å². The maximum absolute atomic E-state index is 13.8. The van der Waals surface area contributed by atoms with Gasteiger partial charge in [0.15, 0.2) is 17.3 Å². The number of nitrogens with zero attached hydrogens (tertiary/aromatic N) is 4. The van der Waals surface area contributed by atoms with Gasteiger partial charge >= 0.3 is 0 Å². The Bertz CT molecular complexity index is 659. The molecule has 112 valence electrons. The lowest BCUT2D eigenvalue weighted by Gasteiger charge is -2.04. The van der Waals surface area contributed by atoms with E-state index in [0.29, 0.717) is 18.3 Å². The fourth-order valence-electron chi connectivity index (χ4n) is 1.78. The molecule has 0 aliphatic rings. The Balaban J connectivity index is 2.37. The van der Waals surface area contributed by atoms with Crippen LogP contribution in [-0.4, -0.2) is 26.5 Å². The van der Waals surface area contributed by atoms with E-state index in [9.17, 15) is 18.9 Å². The third-order valence-electron chi connectivity index (χ3n) is 2.75. The van der Waals surface area contributed by atoms with Crippen molar-refractivity contribution in [2.75, 3.05) is 6.54 Å². The third-order valence-corrected chi connectivity index (χ3v) is 2.75. The Morgan fingerprint density at radius 3 is 2.86 bits per heavy atom. The maximum Gasteiger partial charge on any atom is 0.298 e.